The quantitative estimate of drug-likeness (QED) is 0.346. The first-order valence-electron chi connectivity index (χ1n) is 3.38. The molecule has 0 bridgehead atoms. The number of hydroxylamine groups is 2. The lowest BCUT2D eigenvalue weighted by Gasteiger charge is -2.21. The van der Waals surface area contributed by atoms with Gasteiger partial charge in [-0.1, -0.05) is 0 Å². The minimum absolute atomic E-state index is 0. The molecule has 0 radical (unpaired) electrons. The Bertz CT molecular complexity index is 278. The fourth-order valence-electron chi connectivity index (χ4n) is 0.447. The molecule has 0 rings (SSSR count). The van der Waals surface area contributed by atoms with E-state index >= 15 is 0 Å². The van der Waals surface area contributed by atoms with Crippen LogP contribution < -0.4 is 6.15 Å². The van der Waals surface area contributed by atoms with E-state index in [1.54, 1.807) is 0 Å². The molecule has 0 saturated heterocycles. The van der Waals surface area contributed by atoms with Gasteiger partial charge in [0.15, 0.2) is 0 Å². The molecule has 1 unspecified atom stereocenters. The molecule has 0 spiro atoms. The van der Waals surface area contributed by atoms with Crippen molar-refractivity contribution in [1.82, 2.24) is 11.2 Å². The molecule has 10 heteroatoms. The van der Waals surface area contributed by atoms with Crippen molar-refractivity contribution in [3.8, 4) is 0 Å². The van der Waals surface area contributed by atoms with Gasteiger partial charge in [-0.15, -0.1) is 0 Å². The minimum Gasteiger partial charge on any atom is -0.344 e. The van der Waals surface area contributed by atoms with Crippen molar-refractivity contribution in [1.29, 1.82) is 0 Å². The first-order valence-corrected chi connectivity index (χ1v) is 4.79. The molecule has 15 heavy (non-hydrogen) atoms. The summed E-state index contributed by atoms with van der Waals surface area (Å²) in [4.78, 5) is 4.45. The Balaban J connectivity index is 0. The molecule has 0 aromatic carbocycles. The molecule has 0 aromatic heterocycles. The molecule has 6 nitrogen and oxygen atoms in total. The van der Waals surface area contributed by atoms with E-state index in [9.17, 15) is 21.6 Å². The van der Waals surface area contributed by atoms with Gasteiger partial charge < -0.3 is 11.0 Å². The van der Waals surface area contributed by atoms with E-state index in [1.165, 1.54) is 14.2 Å². The maximum atomic E-state index is 11.8. The number of hydrogen-bond donors (Lipinski definition) is 1. The van der Waals surface area contributed by atoms with Crippen LogP contribution >= 0.6 is 0 Å². The molecule has 0 amide bonds. The summed E-state index contributed by atoms with van der Waals surface area (Å²) in [7, 11) is -3.17. The zero-order valence-electron chi connectivity index (χ0n) is 8.41. The van der Waals surface area contributed by atoms with Gasteiger partial charge in [0.2, 0.25) is 0 Å². The summed E-state index contributed by atoms with van der Waals surface area (Å²) in [6.07, 6.45) is -1.35. The molecule has 0 fully saturated rings. The summed E-state index contributed by atoms with van der Waals surface area (Å²) < 4.78 is 60.1. The first kappa shape index (κ1) is 17.0. The lowest BCUT2D eigenvalue weighted by molar-refractivity contribution is -0.189. The number of alkyl halides is 3. The van der Waals surface area contributed by atoms with E-state index in [4.69, 9.17) is 0 Å². The van der Waals surface area contributed by atoms with Crippen molar-refractivity contribution in [3.05, 3.63) is 0 Å². The topological polar surface area (TPSA) is 90.8 Å². The van der Waals surface area contributed by atoms with Crippen LogP contribution in [0, 0.1) is 0 Å². The third kappa shape index (κ3) is 4.75. The van der Waals surface area contributed by atoms with Crippen LogP contribution in [0.2, 0.25) is 0 Å². The predicted molar refractivity (Wildman–Crippen MR) is 45.3 cm³/mol. The highest BCUT2D eigenvalue weighted by atomic mass is 32.2. The molecule has 0 aliphatic carbocycles. The molecule has 0 heterocycles. The van der Waals surface area contributed by atoms with Crippen LogP contribution in [-0.2, 0) is 19.1 Å². The summed E-state index contributed by atoms with van der Waals surface area (Å²) in [6, 6.07) is 0. The van der Waals surface area contributed by atoms with E-state index in [2.05, 4.69) is 9.02 Å². The summed E-state index contributed by atoms with van der Waals surface area (Å²) in [5, 5.41) is 0.823. The summed E-state index contributed by atoms with van der Waals surface area (Å²) in [5.74, 6) is 0. The van der Waals surface area contributed by atoms with Crippen LogP contribution in [0.25, 0.3) is 0 Å². The molecule has 0 aliphatic heterocycles. The fraction of sp³-hybridized carbons (Fsp3) is 1.00. The van der Waals surface area contributed by atoms with Crippen LogP contribution in [0.15, 0.2) is 0 Å². The molecule has 3 N–H and O–H groups in total. The van der Waals surface area contributed by atoms with Crippen LogP contribution in [0.5, 0.6) is 0 Å². The van der Waals surface area contributed by atoms with Crippen molar-refractivity contribution in [3.63, 3.8) is 0 Å². The number of halogens is 3. The van der Waals surface area contributed by atoms with Crippen molar-refractivity contribution in [2.75, 3.05) is 14.2 Å². The van der Waals surface area contributed by atoms with Gasteiger partial charge in [0.05, 0.1) is 7.11 Å². The second kappa shape index (κ2) is 5.61. The third-order valence-corrected chi connectivity index (χ3v) is 2.45. The SMILES string of the molecule is CON(C)C(C)OS(=O)(=O)C(F)(F)F.N. The van der Waals surface area contributed by atoms with Crippen LogP contribution in [0.4, 0.5) is 13.2 Å². The molecule has 0 aliphatic rings. The van der Waals surface area contributed by atoms with Crippen molar-refractivity contribution in [2.45, 2.75) is 18.7 Å². The molecular weight excluding hydrogens is 241 g/mol. The zero-order valence-corrected chi connectivity index (χ0v) is 9.22. The van der Waals surface area contributed by atoms with Crippen LogP contribution in [0.1, 0.15) is 6.92 Å². The normalized spacial score (nSPS) is 14.9. The predicted octanol–water partition coefficient (Wildman–Crippen LogP) is 0.854. The summed E-state index contributed by atoms with van der Waals surface area (Å²) in [6.45, 7) is 1.10. The monoisotopic (exact) mass is 254 g/mol. The average Bonchev–Trinajstić information content (AvgIpc) is 2.00. The Labute approximate surface area is 85.6 Å². The smallest absolute Gasteiger partial charge is 0.344 e. The summed E-state index contributed by atoms with van der Waals surface area (Å²) >= 11 is 0. The Hall–Kier alpha value is -0.420. The van der Waals surface area contributed by atoms with Gasteiger partial charge in [-0.3, -0.25) is 0 Å². The second-order valence-electron chi connectivity index (χ2n) is 2.32. The van der Waals surface area contributed by atoms with Crippen LogP contribution in [-0.4, -0.2) is 39.4 Å². The van der Waals surface area contributed by atoms with E-state index in [0.717, 1.165) is 12.0 Å². The van der Waals surface area contributed by atoms with Gasteiger partial charge in [0.1, 0.15) is 6.23 Å². The molecule has 1 atom stereocenters. The Morgan fingerprint density at radius 3 is 2.00 bits per heavy atom. The lowest BCUT2D eigenvalue weighted by Crippen LogP contribution is -2.37. The molecule has 0 aromatic rings. The Kier molecular flexibility index (Phi) is 6.35. The molecule has 94 valence electrons. The molecular formula is C5H13F3N2O4S. The highest BCUT2D eigenvalue weighted by Gasteiger charge is 2.48. The third-order valence-electron chi connectivity index (χ3n) is 1.35. The lowest BCUT2D eigenvalue weighted by atomic mass is 10.7. The van der Waals surface area contributed by atoms with Gasteiger partial charge in [0, 0.05) is 7.05 Å². The zero-order chi connectivity index (χ0) is 11.6. The van der Waals surface area contributed by atoms with E-state index in [-0.39, 0.29) is 6.15 Å². The fourth-order valence-corrected chi connectivity index (χ4v) is 1.04. The standard InChI is InChI=1S/C5H10F3NO4S.H3N/c1-4(9(2)12-3)13-14(10,11)5(6,7)8;/h4H,1-3H3;1H3. The average molecular weight is 254 g/mol. The van der Waals surface area contributed by atoms with Crippen LogP contribution in [0.3, 0.4) is 0 Å². The largest absolute Gasteiger partial charge is 0.523 e. The highest BCUT2D eigenvalue weighted by molar-refractivity contribution is 7.87. The van der Waals surface area contributed by atoms with Gasteiger partial charge in [0.25, 0.3) is 0 Å². The Morgan fingerprint density at radius 1 is 1.33 bits per heavy atom. The highest BCUT2D eigenvalue weighted by Crippen LogP contribution is 2.25. The summed E-state index contributed by atoms with van der Waals surface area (Å²) in [5.41, 5.74) is -5.42. The minimum atomic E-state index is -5.57. The Morgan fingerprint density at radius 2 is 1.73 bits per heavy atom. The number of hydrogen-bond acceptors (Lipinski definition) is 6. The van der Waals surface area contributed by atoms with Gasteiger partial charge in [-0.05, 0) is 6.92 Å². The van der Waals surface area contributed by atoms with E-state index in [1.807, 2.05) is 0 Å². The van der Waals surface area contributed by atoms with Crippen molar-refractivity contribution in [2.24, 2.45) is 0 Å². The molecule has 0 saturated carbocycles. The van der Waals surface area contributed by atoms with E-state index < -0.39 is 21.9 Å². The second-order valence-corrected chi connectivity index (χ2v) is 3.89. The maximum absolute atomic E-state index is 11.8. The number of nitrogens with zero attached hydrogens (tertiary/aromatic N) is 1. The number of rotatable bonds is 4. The van der Waals surface area contributed by atoms with Gasteiger partial charge in [-0.25, -0.2) is 4.18 Å². The van der Waals surface area contributed by atoms with Gasteiger partial charge in [-0.2, -0.15) is 26.7 Å². The van der Waals surface area contributed by atoms with Gasteiger partial charge >= 0.3 is 15.6 Å². The van der Waals surface area contributed by atoms with E-state index in [0.29, 0.717) is 0 Å². The maximum Gasteiger partial charge on any atom is 0.523 e. The van der Waals surface area contributed by atoms with Crippen molar-refractivity contribution >= 4 is 10.1 Å². The van der Waals surface area contributed by atoms with Crippen molar-refractivity contribution < 1.29 is 30.6 Å². The first-order chi connectivity index (χ1) is 6.12.